The van der Waals surface area contributed by atoms with Crippen molar-refractivity contribution in [3.05, 3.63) is 27.5 Å². The van der Waals surface area contributed by atoms with Crippen LogP contribution >= 0.6 is 11.3 Å². The van der Waals surface area contributed by atoms with Crippen LogP contribution in [0.2, 0.25) is 0 Å². The SMILES string of the molecule is Cc1cnc(CNc2nc(C3CC3)nc(N)c2C)s1. The molecule has 0 unspecified atom stereocenters. The molecule has 1 fully saturated rings. The highest BCUT2D eigenvalue weighted by Gasteiger charge is 2.27. The Morgan fingerprint density at radius 1 is 1.37 bits per heavy atom. The minimum Gasteiger partial charge on any atom is -0.383 e. The van der Waals surface area contributed by atoms with E-state index < -0.39 is 0 Å². The number of aromatic nitrogens is 3. The van der Waals surface area contributed by atoms with E-state index >= 15 is 0 Å². The Labute approximate surface area is 116 Å². The van der Waals surface area contributed by atoms with Crippen LogP contribution in [-0.2, 0) is 6.54 Å². The molecule has 3 rings (SSSR count). The van der Waals surface area contributed by atoms with Crippen molar-refractivity contribution in [2.45, 2.75) is 39.2 Å². The normalized spacial score (nSPS) is 14.6. The molecule has 0 spiro atoms. The second-order valence-corrected chi connectivity index (χ2v) is 6.25. The van der Waals surface area contributed by atoms with Gasteiger partial charge >= 0.3 is 0 Å². The summed E-state index contributed by atoms with van der Waals surface area (Å²) in [6, 6.07) is 0. The number of rotatable bonds is 4. The first-order valence-electron chi connectivity index (χ1n) is 6.42. The first kappa shape index (κ1) is 12.3. The number of hydrogen-bond acceptors (Lipinski definition) is 6. The average Bonchev–Trinajstić information content (AvgIpc) is 3.15. The molecule has 0 bridgehead atoms. The summed E-state index contributed by atoms with van der Waals surface area (Å²) in [4.78, 5) is 14.5. The molecule has 0 radical (unpaired) electrons. The highest BCUT2D eigenvalue weighted by Crippen LogP contribution is 2.39. The van der Waals surface area contributed by atoms with Crippen molar-refractivity contribution in [3.8, 4) is 0 Å². The van der Waals surface area contributed by atoms with Gasteiger partial charge < -0.3 is 11.1 Å². The van der Waals surface area contributed by atoms with Crippen LogP contribution in [0.3, 0.4) is 0 Å². The van der Waals surface area contributed by atoms with Gasteiger partial charge in [0, 0.05) is 22.6 Å². The van der Waals surface area contributed by atoms with Crippen molar-refractivity contribution in [2.24, 2.45) is 0 Å². The molecule has 0 aliphatic heterocycles. The average molecular weight is 275 g/mol. The van der Waals surface area contributed by atoms with E-state index in [-0.39, 0.29) is 0 Å². The lowest BCUT2D eigenvalue weighted by molar-refractivity contribution is 0.916. The van der Waals surface area contributed by atoms with E-state index in [2.05, 4.69) is 27.2 Å². The molecule has 0 saturated heterocycles. The topological polar surface area (TPSA) is 76.7 Å². The molecule has 0 atom stereocenters. The lowest BCUT2D eigenvalue weighted by Gasteiger charge is -2.10. The highest BCUT2D eigenvalue weighted by molar-refractivity contribution is 7.11. The van der Waals surface area contributed by atoms with Crippen molar-refractivity contribution >= 4 is 23.0 Å². The molecule has 1 saturated carbocycles. The van der Waals surface area contributed by atoms with Gasteiger partial charge in [-0.25, -0.2) is 15.0 Å². The number of thiazole rings is 1. The Morgan fingerprint density at radius 3 is 2.79 bits per heavy atom. The molecule has 2 heterocycles. The predicted octanol–water partition coefficient (Wildman–Crippen LogP) is 2.62. The Kier molecular flexibility index (Phi) is 3.10. The maximum atomic E-state index is 5.96. The third kappa shape index (κ3) is 2.68. The van der Waals surface area contributed by atoms with E-state index in [1.165, 1.54) is 17.7 Å². The second kappa shape index (κ2) is 4.77. The fourth-order valence-corrected chi connectivity index (χ4v) is 2.62. The van der Waals surface area contributed by atoms with Crippen LogP contribution in [0.5, 0.6) is 0 Å². The van der Waals surface area contributed by atoms with Gasteiger partial charge in [0.05, 0.1) is 6.54 Å². The van der Waals surface area contributed by atoms with Crippen molar-refractivity contribution in [1.29, 1.82) is 0 Å². The zero-order valence-electron chi connectivity index (χ0n) is 11.1. The van der Waals surface area contributed by atoms with Crippen LogP contribution < -0.4 is 11.1 Å². The molecule has 2 aromatic heterocycles. The van der Waals surface area contributed by atoms with Gasteiger partial charge in [-0.3, -0.25) is 0 Å². The molecule has 0 amide bonds. The minimum absolute atomic E-state index is 0.505. The highest BCUT2D eigenvalue weighted by atomic mass is 32.1. The van der Waals surface area contributed by atoms with Crippen LogP contribution in [0.25, 0.3) is 0 Å². The fourth-order valence-electron chi connectivity index (χ4n) is 1.89. The van der Waals surface area contributed by atoms with Gasteiger partial charge in [-0.15, -0.1) is 11.3 Å². The number of nitrogens with two attached hydrogens (primary N) is 1. The summed E-state index contributed by atoms with van der Waals surface area (Å²) in [5.41, 5.74) is 6.87. The smallest absolute Gasteiger partial charge is 0.136 e. The molecule has 1 aliphatic carbocycles. The Bertz CT molecular complexity index is 603. The van der Waals surface area contributed by atoms with Gasteiger partial charge in [0.15, 0.2) is 0 Å². The minimum atomic E-state index is 0.505. The number of nitrogens with one attached hydrogen (secondary N) is 1. The number of hydrogen-bond donors (Lipinski definition) is 2. The second-order valence-electron chi connectivity index (χ2n) is 4.93. The summed E-state index contributed by atoms with van der Waals surface area (Å²) in [7, 11) is 0. The standard InChI is InChI=1S/C13H17N5S/c1-7-5-15-10(19-7)6-16-12-8(2)11(14)17-13(18-12)9-3-4-9/h5,9H,3-4,6H2,1-2H3,(H3,14,16,17,18). The maximum absolute atomic E-state index is 5.96. The molecule has 1 aliphatic rings. The summed E-state index contributed by atoms with van der Waals surface area (Å²) >= 11 is 1.69. The van der Waals surface area contributed by atoms with Crippen molar-refractivity contribution < 1.29 is 0 Å². The van der Waals surface area contributed by atoms with E-state index in [0.717, 1.165) is 22.2 Å². The summed E-state index contributed by atoms with van der Waals surface area (Å²) in [6.45, 7) is 4.68. The quantitative estimate of drug-likeness (QED) is 0.897. The van der Waals surface area contributed by atoms with Gasteiger partial charge in [0.2, 0.25) is 0 Å². The van der Waals surface area contributed by atoms with Gasteiger partial charge in [0.1, 0.15) is 22.5 Å². The van der Waals surface area contributed by atoms with Crippen molar-refractivity contribution in [3.63, 3.8) is 0 Å². The molecule has 19 heavy (non-hydrogen) atoms. The van der Waals surface area contributed by atoms with Crippen LogP contribution in [-0.4, -0.2) is 15.0 Å². The zero-order valence-corrected chi connectivity index (χ0v) is 11.9. The molecule has 6 heteroatoms. The largest absolute Gasteiger partial charge is 0.383 e. The first-order chi connectivity index (χ1) is 9.13. The molecule has 100 valence electrons. The molecule has 5 nitrogen and oxygen atoms in total. The van der Waals surface area contributed by atoms with E-state index in [9.17, 15) is 0 Å². The van der Waals surface area contributed by atoms with Crippen LogP contribution in [0.15, 0.2) is 6.20 Å². The summed E-state index contributed by atoms with van der Waals surface area (Å²) in [5.74, 6) is 2.79. The monoisotopic (exact) mass is 275 g/mol. The molecule has 3 N–H and O–H groups in total. The molecular weight excluding hydrogens is 258 g/mol. The fraction of sp³-hybridized carbons (Fsp3) is 0.462. The zero-order chi connectivity index (χ0) is 13.4. The molecule has 2 aromatic rings. The molecule has 0 aromatic carbocycles. The van der Waals surface area contributed by atoms with E-state index in [4.69, 9.17) is 5.73 Å². The lowest BCUT2D eigenvalue weighted by Crippen LogP contribution is -2.09. The summed E-state index contributed by atoms with van der Waals surface area (Å²) in [5, 5.41) is 4.38. The van der Waals surface area contributed by atoms with Gasteiger partial charge in [-0.1, -0.05) is 0 Å². The number of aryl methyl sites for hydroxylation is 1. The van der Waals surface area contributed by atoms with E-state index in [0.29, 0.717) is 18.3 Å². The lowest BCUT2D eigenvalue weighted by atomic mass is 10.3. The number of nitrogens with zero attached hydrogens (tertiary/aromatic N) is 3. The third-order valence-corrected chi connectivity index (χ3v) is 4.13. The van der Waals surface area contributed by atoms with Crippen molar-refractivity contribution in [1.82, 2.24) is 15.0 Å². The number of anilines is 2. The predicted molar refractivity (Wildman–Crippen MR) is 77.3 cm³/mol. The van der Waals surface area contributed by atoms with E-state index in [1.54, 1.807) is 11.3 Å². The Hall–Kier alpha value is -1.69. The maximum Gasteiger partial charge on any atom is 0.136 e. The van der Waals surface area contributed by atoms with Gasteiger partial charge in [0.25, 0.3) is 0 Å². The van der Waals surface area contributed by atoms with Gasteiger partial charge in [-0.05, 0) is 26.7 Å². The van der Waals surface area contributed by atoms with Crippen LogP contribution in [0, 0.1) is 13.8 Å². The number of nitrogen functional groups attached to an aromatic ring is 1. The Morgan fingerprint density at radius 2 is 2.16 bits per heavy atom. The Balaban J connectivity index is 1.79. The van der Waals surface area contributed by atoms with Crippen LogP contribution in [0.4, 0.5) is 11.6 Å². The van der Waals surface area contributed by atoms with E-state index in [1.807, 2.05) is 13.1 Å². The van der Waals surface area contributed by atoms with Crippen molar-refractivity contribution in [2.75, 3.05) is 11.1 Å². The molecular formula is C13H17N5S. The first-order valence-corrected chi connectivity index (χ1v) is 7.24. The summed E-state index contributed by atoms with van der Waals surface area (Å²) < 4.78 is 0. The van der Waals surface area contributed by atoms with Gasteiger partial charge in [-0.2, -0.15) is 0 Å². The third-order valence-electron chi connectivity index (χ3n) is 3.22. The van der Waals surface area contributed by atoms with Crippen LogP contribution in [0.1, 0.15) is 40.0 Å². The summed E-state index contributed by atoms with van der Waals surface area (Å²) in [6.07, 6.45) is 4.24.